The van der Waals surface area contributed by atoms with Gasteiger partial charge in [-0.05, 0) is 43.0 Å². The molecule has 1 unspecified atom stereocenters. The molecule has 2 amide bonds. The first-order chi connectivity index (χ1) is 15.1. The molecule has 0 bridgehead atoms. The second-order valence-electron chi connectivity index (χ2n) is 8.64. The fourth-order valence-electron chi connectivity index (χ4n) is 4.20. The molecule has 1 aliphatic carbocycles. The lowest BCUT2D eigenvalue weighted by Gasteiger charge is -2.33. The Bertz CT molecular complexity index is 694. The first-order valence-electron chi connectivity index (χ1n) is 11.3. The van der Waals surface area contributed by atoms with E-state index in [2.05, 4.69) is 28.1 Å². The van der Waals surface area contributed by atoms with E-state index >= 15 is 0 Å². The first kappa shape index (κ1) is 24.4. The Balaban J connectivity index is 1.59. The van der Waals surface area contributed by atoms with Gasteiger partial charge in [-0.25, -0.2) is 0 Å². The van der Waals surface area contributed by atoms with Gasteiger partial charge in [0.15, 0.2) is 0 Å². The van der Waals surface area contributed by atoms with Crippen molar-refractivity contribution in [1.82, 2.24) is 16.0 Å². The molecule has 1 saturated heterocycles. The minimum Gasteiger partial charge on any atom is -0.368 e. The van der Waals surface area contributed by atoms with Crippen LogP contribution in [0.15, 0.2) is 30.3 Å². The summed E-state index contributed by atoms with van der Waals surface area (Å²) in [6.45, 7) is 1.33. The maximum Gasteiger partial charge on any atom is 0.244 e. The summed E-state index contributed by atoms with van der Waals surface area (Å²) in [4.78, 5) is 25.5. The highest BCUT2D eigenvalue weighted by molar-refractivity contribution is 7.99. The van der Waals surface area contributed by atoms with Crippen LogP contribution in [-0.2, 0) is 16.1 Å². The fourth-order valence-corrected chi connectivity index (χ4v) is 6.63. The van der Waals surface area contributed by atoms with Gasteiger partial charge in [0.25, 0.3) is 0 Å². The standard InChI is InChI=1S/C23H36N4O2S2/c24-22(29)23(27-21(28)20-15-31-17-26-20,16-30-14-19-9-5-2-6-10-19)11-12-25-13-18-7-3-1-4-8-18/h1,3-4,7-8,19-20,25-26H,2,5-6,9-17H2,(H2,24,29)(H,27,28)/t20-,23?/m0/s1. The number of amides is 2. The number of nitrogens with one attached hydrogen (secondary N) is 3. The number of primary amides is 1. The zero-order valence-electron chi connectivity index (χ0n) is 18.2. The molecule has 3 rings (SSSR count). The maximum absolute atomic E-state index is 12.9. The van der Waals surface area contributed by atoms with Gasteiger partial charge in [0.1, 0.15) is 5.54 Å². The molecular formula is C23H36N4O2S2. The number of benzene rings is 1. The summed E-state index contributed by atoms with van der Waals surface area (Å²) >= 11 is 3.46. The summed E-state index contributed by atoms with van der Waals surface area (Å²) < 4.78 is 0. The summed E-state index contributed by atoms with van der Waals surface area (Å²) in [5.41, 5.74) is 6.07. The lowest BCUT2D eigenvalue weighted by molar-refractivity contribution is -0.131. The van der Waals surface area contributed by atoms with Crippen LogP contribution in [0.5, 0.6) is 0 Å². The second-order valence-corrected chi connectivity index (χ2v) is 10.7. The monoisotopic (exact) mass is 464 g/mol. The van der Waals surface area contributed by atoms with E-state index in [4.69, 9.17) is 5.73 Å². The molecule has 6 nitrogen and oxygen atoms in total. The third-order valence-electron chi connectivity index (χ3n) is 6.19. The average molecular weight is 465 g/mol. The molecule has 5 N–H and O–H groups in total. The number of thioether (sulfide) groups is 2. The van der Waals surface area contributed by atoms with Gasteiger partial charge in [-0.1, -0.05) is 49.6 Å². The number of hydrogen-bond donors (Lipinski definition) is 4. The van der Waals surface area contributed by atoms with E-state index in [9.17, 15) is 9.59 Å². The van der Waals surface area contributed by atoms with E-state index in [0.717, 1.165) is 23.9 Å². The Morgan fingerprint density at radius 3 is 2.65 bits per heavy atom. The maximum atomic E-state index is 12.9. The van der Waals surface area contributed by atoms with Gasteiger partial charge in [0.2, 0.25) is 11.8 Å². The predicted octanol–water partition coefficient (Wildman–Crippen LogP) is 2.48. The number of carbonyl (C=O) groups excluding carboxylic acids is 2. The van der Waals surface area contributed by atoms with E-state index in [1.807, 2.05) is 18.2 Å². The molecule has 2 atom stereocenters. The van der Waals surface area contributed by atoms with Crippen molar-refractivity contribution in [2.24, 2.45) is 11.7 Å². The van der Waals surface area contributed by atoms with Crippen molar-refractivity contribution in [3.63, 3.8) is 0 Å². The second kappa shape index (κ2) is 12.7. The molecule has 0 radical (unpaired) electrons. The quantitative estimate of drug-likeness (QED) is 0.355. The van der Waals surface area contributed by atoms with Crippen molar-refractivity contribution in [3.05, 3.63) is 35.9 Å². The molecule has 1 aromatic carbocycles. The van der Waals surface area contributed by atoms with Crippen LogP contribution in [0.4, 0.5) is 0 Å². The molecule has 1 aromatic rings. The van der Waals surface area contributed by atoms with E-state index in [1.54, 1.807) is 23.5 Å². The van der Waals surface area contributed by atoms with Gasteiger partial charge < -0.3 is 16.4 Å². The molecule has 0 spiro atoms. The van der Waals surface area contributed by atoms with Crippen LogP contribution in [0.2, 0.25) is 0 Å². The van der Waals surface area contributed by atoms with Crippen molar-refractivity contribution >= 4 is 35.3 Å². The minimum absolute atomic E-state index is 0.120. The van der Waals surface area contributed by atoms with Crippen molar-refractivity contribution in [2.45, 2.75) is 56.7 Å². The third-order valence-corrected chi connectivity index (χ3v) is 8.54. The highest BCUT2D eigenvalue weighted by atomic mass is 32.2. The Morgan fingerprint density at radius 2 is 1.97 bits per heavy atom. The summed E-state index contributed by atoms with van der Waals surface area (Å²) in [5.74, 6) is 3.19. The van der Waals surface area contributed by atoms with Gasteiger partial charge >= 0.3 is 0 Å². The van der Waals surface area contributed by atoms with Gasteiger partial charge in [-0.3, -0.25) is 14.9 Å². The molecule has 0 aromatic heterocycles. The highest BCUT2D eigenvalue weighted by Crippen LogP contribution is 2.29. The highest BCUT2D eigenvalue weighted by Gasteiger charge is 2.40. The Morgan fingerprint density at radius 1 is 1.19 bits per heavy atom. The zero-order chi connectivity index (χ0) is 21.9. The molecule has 8 heteroatoms. The Labute approximate surface area is 194 Å². The Kier molecular flexibility index (Phi) is 10.0. The van der Waals surface area contributed by atoms with Gasteiger partial charge in [-0.2, -0.15) is 11.8 Å². The summed E-state index contributed by atoms with van der Waals surface area (Å²) in [6.07, 6.45) is 6.96. The Hall–Kier alpha value is -1.22. The molecule has 172 valence electrons. The molecule has 1 aliphatic heterocycles. The lowest BCUT2D eigenvalue weighted by Crippen LogP contribution is -2.63. The number of rotatable bonds is 12. The van der Waals surface area contributed by atoms with Crippen LogP contribution in [0, 0.1) is 5.92 Å². The topological polar surface area (TPSA) is 96.2 Å². The summed E-state index contributed by atoms with van der Waals surface area (Å²) in [7, 11) is 0. The summed E-state index contributed by atoms with van der Waals surface area (Å²) in [5, 5.41) is 9.66. The third kappa shape index (κ3) is 7.70. The molecule has 1 heterocycles. The van der Waals surface area contributed by atoms with E-state index in [1.165, 1.54) is 37.7 Å². The minimum atomic E-state index is -1.03. The average Bonchev–Trinajstić information content (AvgIpc) is 3.33. The van der Waals surface area contributed by atoms with Crippen LogP contribution in [-0.4, -0.2) is 53.1 Å². The number of nitrogens with two attached hydrogens (primary N) is 1. The van der Waals surface area contributed by atoms with Crippen LogP contribution in [0.3, 0.4) is 0 Å². The van der Waals surface area contributed by atoms with Crippen LogP contribution >= 0.6 is 23.5 Å². The van der Waals surface area contributed by atoms with Crippen molar-refractivity contribution in [1.29, 1.82) is 0 Å². The summed E-state index contributed by atoms with van der Waals surface area (Å²) in [6, 6.07) is 9.90. The number of hydrogen-bond acceptors (Lipinski definition) is 6. The molecule has 31 heavy (non-hydrogen) atoms. The molecule has 1 saturated carbocycles. The normalized spacial score (nSPS) is 21.5. The van der Waals surface area contributed by atoms with E-state index in [0.29, 0.717) is 24.6 Å². The van der Waals surface area contributed by atoms with Crippen molar-refractivity contribution < 1.29 is 9.59 Å². The van der Waals surface area contributed by atoms with E-state index < -0.39 is 11.4 Å². The van der Waals surface area contributed by atoms with Gasteiger partial charge in [0, 0.05) is 23.9 Å². The van der Waals surface area contributed by atoms with Crippen LogP contribution in [0.1, 0.15) is 44.1 Å². The first-order valence-corrected chi connectivity index (χ1v) is 13.7. The molecule has 2 aliphatic rings. The molecule has 2 fully saturated rings. The fraction of sp³-hybridized carbons (Fsp3) is 0.652. The SMILES string of the molecule is NC(=O)C(CCNCc1ccccc1)(CSCC1CCCCC1)NC(=O)[C@@H]1CSCN1. The van der Waals surface area contributed by atoms with Gasteiger partial charge in [-0.15, -0.1) is 11.8 Å². The predicted molar refractivity (Wildman–Crippen MR) is 131 cm³/mol. The molecular weight excluding hydrogens is 428 g/mol. The largest absolute Gasteiger partial charge is 0.368 e. The van der Waals surface area contributed by atoms with Crippen LogP contribution < -0.4 is 21.7 Å². The van der Waals surface area contributed by atoms with Gasteiger partial charge in [0.05, 0.1) is 6.04 Å². The number of carbonyl (C=O) groups is 2. The lowest BCUT2D eigenvalue weighted by atomic mass is 9.91. The smallest absolute Gasteiger partial charge is 0.244 e. The zero-order valence-corrected chi connectivity index (χ0v) is 19.9. The van der Waals surface area contributed by atoms with Crippen molar-refractivity contribution in [3.8, 4) is 0 Å². The van der Waals surface area contributed by atoms with E-state index in [-0.39, 0.29) is 11.9 Å². The van der Waals surface area contributed by atoms with Crippen LogP contribution in [0.25, 0.3) is 0 Å². The van der Waals surface area contributed by atoms with Crippen molar-refractivity contribution in [2.75, 3.05) is 29.7 Å².